The molecule has 3 heteroatoms. The lowest BCUT2D eigenvalue weighted by Gasteiger charge is -2.21. The van der Waals surface area contributed by atoms with Crippen LogP contribution in [0.15, 0.2) is 28.7 Å². The van der Waals surface area contributed by atoms with E-state index in [1.54, 1.807) is 0 Å². The van der Waals surface area contributed by atoms with Gasteiger partial charge in [-0.1, -0.05) is 35.0 Å². The maximum absolute atomic E-state index is 3.66. The Morgan fingerprint density at radius 3 is 2.56 bits per heavy atom. The number of nitrogens with one attached hydrogen (secondary N) is 1. The second-order valence-corrected chi connectivity index (χ2v) is 6.09. The first-order chi connectivity index (χ1) is 8.70. The molecule has 1 atom stereocenters. The summed E-state index contributed by atoms with van der Waals surface area (Å²) in [5.74, 6) is 0. The summed E-state index contributed by atoms with van der Waals surface area (Å²) in [5.41, 5.74) is 1.38. The summed E-state index contributed by atoms with van der Waals surface area (Å²) in [7, 11) is 2.24. The van der Waals surface area contributed by atoms with Gasteiger partial charge >= 0.3 is 0 Å². The Kier molecular flexibility index (Phi) is 5.22. The molecule has 1 unspecified atom stereocenters. The molecule has 2 rings (SSSR count). The van der Waals surface area contributed by atoms with Crippen molar-refractivity contribution in [3.8, 4) is 0 Å². The Morgan fingerprint density at radius 1 is 1.33 bits per heavy atom. The van der Waals surface area contributed by atoms with Crippen molar-refractivity contribution in [2.45, 2.75) is 38.3 Å². The van der Waals surface area contributed by atoms with E-state index < -0.39 is 0 Å². The highest BCUT2D eigenvalue weighted by Gasteiger charge is 2.25. The van der Waals surface area contributed by atoms with E-state index in [-0.39, 0.29) is 0 Å². The van der Waals surface area contributed by atoms with E-state index >= 15 is 0 Å². The molecule has 0 saturated heterocycles. The van der Waals surface area contributed by atoms with Crippen molar-refractivity contribution in [3.63, 3.8) is 0 Å². The standard InChI is InChI=1S/C15H23BrN2/c1-3-15(12-4-6-13(16)7-5-12)17-10-11-18(2)14-8-9-14/h4-7,14-15,17H,3,8-11H2,1-2H3. The Morgan fingerprint density at radius 2 is 2.00 bits per heavy atom. The molecule has 1 aliphatic carbocycles. The molecule has 0 aliphatic heterocycles. The second kappa shape index (κ2) is 6.69. The molecule has 1 saturated carbocycles. The lowest BCUT2D eigenvalue weighted by Crippen LogP contribution is -2.32. The van der Waals surface area contributed by atoms with Crippen LogP contribution in [0.3, 0.4) is 0 Å². The lowest BCUT2D eigenvalue weighted by atomic mass is 10.0. The molecule has 2 nitrogen and oxygen atoms in total. The van der Waals surface area contributed by atoms with E-state index in [4.69, 9.17) is 0 Å². The maximum Gasteiger partial charge on any atom is 0.0318 e. The first-order valence-corrected chi connectivity index (χ1v) is 7.69. The molecule has 0 radical (unpaired) electrons. The highest BCUT2D eigenvalue weighted by molar-refractivity contribution is 9.10. The minimum Gasteiger partial charge on any atom is -0.309 e. The fourth-order valence-corrected chi connectivity index (χ4v) is 2.57. The topological polar surface area (TPSA) is 15.3 Å². The van der Waals surface area contributed by atoms with Crippen molar-refractivity contribution in [2.24, 2.45) is 0 Å². The molecule has 0 aromatic heterocycles. The van der Waals surface area contributed by atoms with E-state index in [1.807, 2.05) is 0 Å². The smallest absolute Gasteiger partial charge is 0.0318 e. The van der Waals surface area contributed by atoms with Crippen LogP contribution in [0.1, 0.15) is 37.8 Å². The van der Waals surface area contributed by atoms with Gasteiger partial charge in [-0.15, -0.1) is 0 Å². The van der Waals surface area contributed by atoms with Crippen molar-refractivity contribution in [3.05, 3.63) is 34.3 Å². The Labute approximate surface area is 119 Å². The van der Waals surface area contributed by atoms with Crippen LogP contribution in [-0.2, 0) is 0 Å². The molecular formula is C15H23BrN2. The third-order valence-corrected chi connectivity index (χ3v) is 4.23. The normalized spacial score (nSPS) is 17.1. The molecule has 0 amide bonds. The van der Waals surface area contributed by atoms with Gasteiger partial charge in [0.25, 0.3) is 0 Å². The minimum absolute atomic E-state index is 0.478. The van der Waals surface area contributed by atoms with Crippen LogP contribution in [-0.4, -0.2) is 31.1 Å². The number of hydrogen-bond donors (Lipinski definition) is 1. The van der Waals surface area contributed by atoms with Crippen molar-refractivity contribution >= 4 is 15.9 Å². The first kappa shape index (κ1) is 14.0. The Bertz CT molecular complexity index is 359. The molecule has 0 heterocycles. The van der Waals surface area contributed by atoms with Crippen LogP contribution in [0.4, 0.5) is 0 Å². The summed E-state index contributed by atoms with van der Waals surface area (Å²) in [4.78, 5) is 2.47. The number of rotatable bonds is 7. The van der Waals surface area contributed by atoms with E-state index in [9.17, 15) is 0 Å². The van der Waals surface area contributed by atoms with Gasteiger partial charge in [-0.3, -0.25) is 0 Å². The monoisotopic (exact) mass is 310 g/mol. The average molecular weight is 311 g/mol. The third kappa shape index (κ3) is 4.08. The lowest BCUT2D eigenvalue weighted by molar-refractivity contribution is 0.313. The number of benzene rings is 1. The quantitative estimate of drug-likeness (QED) is 0.828. The van der Waals surface area contributed by atoms with Gasteiger partial charge in [-0.25, -0.2) is 0 Å². The Hall–Kier alpha value is -0.380. The van der Waals surface area contributed by atoms with Gasteiger partial charge in [0, 0.05) is 29.6 Å². The summed E-state index contributed by atoms with van der Waals surface area (Å²) in [6, 6.07) is 9.99. The van der Waals surface area contributed by atoms with Crippen LogP contribution in [0, 0.1) is 0 Å². The maximum atomic E-state index is 3.66. The van der Waals surface area contributed by atoms with Gasteiger partial charge in [-0.05, 0) is 44.0 Å². The third-order valence-electron chi connectivity index (χ3n) is 3.71. The van der Waals surface area contributed by atoms with Crippen LogP contribution < -0.4 is 5.32 Å². The largest absolute Gasteiger partial charge is 0.309 e. The highest BCUT2D eigenvalue weighted by Crippen LogP contribution is 2.25. The molecule has 100 valence electrons. The molecule has 1 fully saturated rings. The molecule has 18 heavy (non-hydrogen) atoms. The SMILES string of the molecule is CCC(NCCN(C)C1CC1)c1ccc(Br)cc1. The second-order valence-electron chi connectivity index (χ2n) is 5.18. The summed E-state index contributed by atoms with van der Waals surface area (Å²) < 4.78 is 1.15. The molecule has 1 N–H and O–H groups in total. The zero-order valence-electron chi connectivity index (χ0n) is 11.3. The molecule has 0 bridgehead atoms. The van der Waals surface area contributed by atoms with Crippen LogP contribution >= 0.6 is 15.9 Å². The first-order valence-electron chi connectivity index (χ1n) is 6.89. The van der Waals surface area contributed by atoms with Crippen molar-refractivity contribution in [2.75, 3.05) is 20.1 Å². The van der Waals surface area contributed by atoms with Crippen LogP contribution in [0.2, 0.25) is 0 Å². The van der Waals surface area contributed by atoms with Crippen LogP contribution in [0.5, 0.6) is 0 Å². The number of hydrogen-bond acceptors (Lipinski definition) is 2. The highest BCUT2D eigenvalue weighted by atomic mass is 79.9. The number of likely N-dealkylation sites (N-methyl/N-ethyl adjacent to an activating group) is 1. The fraction of sp³-hybridized carbons (Fsp3) is 0.600. The average Bonchev–Trinajstić information content (AvgIpc) is 3.20. The molecular weight excluding hydrogens is 288 g/mol. The van der Waals surface area contributed by atoms with Gasteiger partial charge in [0.1, 0.15) is 0 Å². The predicted octanol–water partition coefficient (Wildman–Crippen LogP) is 3.58. The Balaban J connectivity index is 1.79. The molecule has 1 aliphatic rings. The van der Waals surface area contributed by atoms with Crippen molar-refractivity contribution in [1.82, 2.24) is 10.2 Å². The summed E-state index contributed by atoms with van der Waals surface area (Å²) in [6.45, 7) is 4.46. The minimum atomic E-state index is 0.478. The van der Waals surface area contributed by atoms with E-state index in [2.05, 4.69) is 64.4 Å². The van der Waals surface area contributed by atoms with E-state index in [0.29, 0.717) is 6.04 Å². The number of nitrogens with zero attached hydrogens (tertiary/aromatic N) is 1. The van der Waals surface area contributed by atoms with Gasteiger partial charge in [0.2, 0.25) is 0 Å². The zero-order valence-corrected chi connectivity index (χ0v) is 12.9. The van der Waals surface area contributed by atoms with Crippen molar-refractivity contribution < 1.29 is 0 Å². The number of halogens is 1. The van der Waals surface area contributed by atoms with Crippen molar-refractivity contribution in [1.29, 1.82) is 0 Å². The van der Waals surface area contributed by atoms with E-state index in [1.165, 1.54) is 18.4 Å². The summed E-state index contributed by atoms with van der Waals surface area (Å²) >= 11 is 3.48. The van der Waals surface area contributed by atoms with Gasteiger partial charge < -0.3 is 10.2 Å². The predicted molar refractivity (Wildman–Crippen MR) is 80.8 cm³/mol. The van der Waals surface area contributed by atoms with E-state index in [0.717, 1.165) is 30.0 Å². The molecule has 0 spiro atoms. The van der Waals surface area contributed by atoms with Gasteiger partial charge in [-0.2, -0.15) is 0 Å². The fourth-order valence-electron chi connectivity index (χ4n) is 2.31. The zero-order chi connectivity index (χ0) is 13.0. The van der Waals surface area contributed by atoms with Gasteiger partial charge in [0.15, 0.2) is 0 Å². The summed E-state index contributed by atoms with van der Waals surface area (Å²) in [5, 5.41) is 3.66. The van der Waals surface area contributed by atoms with Crippen LogP contribution in [0.25, 0.3) is 0 Å². The van der Waals surface area contributed by atoms with Gasteiger partial charge in [0.05, 0.1) is 0 Å². The summed E-state index contributed by atoms with van der Waals surface area (Å²) in [6.07, 6.45) is 3.91. The molecule has 1 aromatic carbocycles. The molecule has 1 aromatic rings.